The third-order valence-corrected chi connectivity index (χ3v) is 4.60. The number of aromatic nitrogens is 1. The van der Waals surface area contributed by atoms with E-state index in [1.54, 1.807) is 11.8 Å². The van der Waals surface area contributed by atoms with Gasteiger partial charge in [-0.2, -0.15) is 0 Å². The number of ether oxygens (including phenoxy) is 1. The Labute approximate surface area is 126 Å². The lowest BCUT2D eigenvalue weighted by molar-refractivity contribution is -0.130. The minimum absolute atomic E-state index is 0.138. The first-order chi connectivity index (χ1) is 10.1. The highest BCUT2D eigenvalue weighted by molar-refractivity contribution is 7.17. The molecule has 2 fully saturated rings. The average Bonchev–Trinajstić information content (AvgIpc) is 3.21. The monoisotopic (exact) mass is 310 g/mol. The second-order valence-corrected chi connectivity index (χ2v) is 6.37. The van der Waals surface area contributed by atoms with Crippen LogP contribution >= 0.6 is 11.3 Å². The normalized spacial score (nSPS) is 22.1. The molecule has 1 unspecified atom stereocenters. The van der Waals surface area contributed by atoms with E-state index in [1.807, 2.05) is 0 Å². The zero-order valence-electron chi connectivity index (χ0n) is 11.8. The van der Waals surface area contributed by atoms with Gasteiger partial charge in [-0.05, 0) is 19.8 Å². The quantitative estimate of drug-likeness (QED) is 0.828. The summed E-state index contributed by atoms with van der Waals surface area (Å²) in [6.07, 6.45) is 2.02. The molecule has 1 aliphatic carbocycles. The first-order valence-corrected chi connectivity index (χ1v) is 7.80. The fourth-order valence-corrected chi connectivity index (χ4v) is 3.12. The Kier molecular flexibility index (Phi) is 3.81. The van der Waals surface area contributed by atoms with Gasteiger partial charge >= 0.3 is 0 Å². The van der Waals surface area contributed by atoms with Crippen molar-refractivity contribution >= 4 is 28.3 Å². The van der Waals surface area contributed by atoms with Crippen LogP contribution in [0, 0.1) is 6.92 Å². The standard InChI is InChI=1S/C13H18N4O3S/c1-7-10(21-13(14)15-7)12(19)17-4-5-20-6-9(17)11(18)16-8-2-3-8/h8-9H,2-6H2,1H3,(H2,14,15)(H,16,18). The zero-order valence-corrected chi connectivity index (χ0v) is 12.6. The number of nitrogen functional groups attached to an aromatic ring is 1. The lowest BCUT2D eigenvalue weighted by Gasteiger charge is -2.34. The molecule has 2 amide bonds. The van der Waals surface area contributed by atoms with Crippen molar-refractivity contribution in [3.05, 3.63) is 10.6 Å². The zero-order chi connectivity index (χ0) is 15.0. The maximum absolute atomic E-state index is 12.7. The number of carbonyl (C=O) groups excluding carboxylic acids is 2. The van der Waals surface area contributed by atoms with Crippen LogP contribution in [-0.4, -0.2) is 53.5 Å². The van der Waals surface area contributed by atoms with Crippen molar-refractivity contribution in [3.63, 3.8) is 0 Å². The maximum Gasteiger partial charge on any atom is 0.266 e. The fourth-order valence-electron chi connectivity index (χ4n) is 2.34. The number of nitrogens with zero attached hydrogens (tertiary/aromatic N) is 2. The number of hydrogen-bond donors (Lipinski definition) is 2. The number of carbonyl (C=O) groups is 2. The highest BCUT2D eigenvalue weighted by Crippen LogP contribution is 2.24. The summed E-state index contributed by atoms with van der Waals surface area (Å²) in [5.74, 6) is -0.332. The first-order valence-electron chi connectivity index (χ1n) is 6.98. The van der Waals surface area contributed by atoms with E-state index in [-0.39, 0.29) is 24.5 Å². The van der Waals surface area contributed by atoms with E-state index >= 15 is 0 Å². The maximum atomic E-state index is 12.7. The van der Waals surface area contributed by atoms with Crippen molar-refractivity contribution in [3.8, 4) is 0 Å². The van der Waals surface area contributed by atoms with Gasteiger partial charge in [-0.25, -0.2) is 4.98 Å². The number of nitrogens with two attached hydrogens (primary N) is 1. The van der Waals surface area contributed by atoms with Crippen molar-refractivity contribution in [2.75, 3.05) is 25.5 Å². The molecule has 1 atom stereocenters. The molecule has 114 valence electrons. The molecule has 21 heavy (non-hydrogen) atoms. The second-order valence-electron chi connectivity index (χ2n) is 5.34. The van der Waals surface area contributed by atoms with Crippen LogP contribution in [0.15, 0.2) is 0 Å². The van der Waals surface area contributed by atoms with Gasteiger partial charge < -0.3 is 20.7 Å². The Morgan fingerprint density at radius 2 is 2.24 bits per heavy atom. The lowest BCUT2D eigenvalue weighted by atomic mass is 10.2. The predicted molar refractivity (Wildman–Crippen MR) is 78.1 cm³/mol. The molecule has 7 nitrogen and oxygen atoms in total. The van der Waals surface area contributed by atoms with Crippen LogP contribution in [0.2, 0.25) is 0 Å². The Morgan fingerprint density at radius 1 is 1.48 bits per heavy atom. The SMILES string of the molecule is Cc1nc(N)sc1C(=O)N1CCOCC1C(=O)NC1CC1. The Morgan fingerprint density at radius 3 is 2.86 bits per heavy atom. The highest BCUT2D eigenvalue weighted by atomic mass is 32.1. The van der Waals surface area contributed by atoms with Crippen LogP contribution in [0.5, 0.6) is 0 Å². The molecule has 8 heteroatoms. The number of aryl methyl sites for hydroxylation is 1. The minimum atomic E-state index is -0.574. The average molecular weight is 310 g/mol. The topological polar surface area (TPSA) is 97.6 Å². The van der Waals surface area contributed by atoms with Crippen molar-refractivity contribution in [2.24, 2.45) is 0 Å². The van der Waals surface area contributed by atoms with Gasteiger partial charge in [0.25, 0.3) is 5.91 Å². The summed E-state index contributed by atoms with van der Waals surface area (Å²) in [7, 11) is 0. The minimum Gasteiger partial charge on any atom is -0.377 e. The number of morpholine rings is 1. The summed E-state index contributed by atoms with van der Waals surface area (Å²) in [5.41, 5.74) is 6.25. The van der Waals surface area contributed by atoms with Gasteiger partial charge in [0.1, 0.15) is 10.9 Å². The van der Waals surface area contributed by atoms with Crippen LogP contribution in [0.25, 0.3) is 0 Å². The van der Waals surface area contributed by atoms with E-state index in [9.17, 15) is 9.59 Å². The molecule has 1 aliphatic heterocycles. The van der Waals surface area contributed by atoms with Crippen LogP contribution in [0.3, 0.4) is 0 Å². The third-order valence-electron chi connectivity index (χ3n) is 3.62. The summed E-state index contributed by atoms with van der Waals surface area (Å²) < 4.78 is 5.37. The predicted octanol–water partition coefficient (Wildman–Crippen LogP) is 0.153. The molecule has 0 aromatic carbocycles. The molecule has 0 radical (unpaired) electrons. The van der Waals surface area contributed by atoms with E-state index in [4.69, 9.17) is 10.5 Å². The van der Waals surface area contributed by atoms with Gasteiger partial charge in [0, 0.05) is 12.6 Å². The molecule has 0 spiro atoms. The van der Waals surface area contributed by atoms with Crippen molar-refractivity contribution in [1.82, 2.24) is 15.2 Å². The molecule has 1 aromatic heterocycles. The number of nitrogens with one attached hydrogen (secondary N) is 1. The Bertz CT molecular complexity index is 570. The van der Waals surface area contributed by atoms with Crippen LogP contribution in [0.1, 0.15) is 28.2 Å². The van der Waals surface area contributed by atoms with Crippen LogP contribution < -0.4 is 11.1 Å². The number of thiazole rings is 1. The van der Waals surface area contributed by atoms with E-state index in [1.165, 1.54) is 0 Å². The summed E-state index contributed by atoms with van der Waals surface area (Å²) in [6, 6.07) is -0.313. The van der Waals surface area contributed by atoms with Gasteiger partial charge in [0.05, 0.1) is 18.9 Å². The molecule has 2 heterocycles. The van der Waals surface area contributed by atoms with Gasteiger partial charge in [0.15, 0.2) is 5.13 Å². The van der Waals surface area contributed by atoms with Crippen molar-refractivity contribution < 1.29 is 14.3 Å². The third kappa shape index (κ3) is 3.01. The molecule has 0 bridgehead atoms. The molecular weight excluding hydrogens is 292 g/mol. The van der Waals surface area contributed by atoms with E-state index in [0.29, 0.717) is 28.9 Å². The summed E-state index contributed by atoms with van der Waals surface area (Å²) >= 11 is 1.16. The summed E-state index contributed by atoms with van der Waals surface area (Å²) in [5, 5.41) is 3.29. The molecule has 1 aromatic rings. The Balaban J connectivity index is 1.78. The molecule has 1 saturated heterocycles. The van der Waals surface area contributed by atoms with Crippen LogP contribution in [-0.2, 0) is 9.53 Å². The highest BCUT2D eigenvalue weighted by Gasteiger charge is 2.36. The lowest BCUT2D eigenvalue weighted by Crippen LogP contribution is -2.56. The summed E-state index contributed by atoms with van der Waals surface area (Å²) in [6.45, 7) is 2.82. The number of amides is 2. The van der Waals surface area contributed by atoms with Gasteiger partial charge in [0.2, 0.25) is 5.91 Å². The summed E-state index contributed by atoms with van der Waals surface area (Å²) in [4.78, 5) is 31.1. The number of hydrogen-bond acceptors (Lipinski definition) is 6. The van der Waals surface area contributed by atoms with Gasteiger partial charge in [-0.1, -0.05) is 11.3 Å². The van der Waals surface area contributed by atoms with Crippen molar-refractivity contribution in [1.29, 1.82) is 0 Å². The number of rotatable bonds is 3. The van der Waals surface area contributed by atoms with Gasteiger partial charge in [-0.15, -0.1) is 0 Å². The largest absolute Gasteiger partial charge is 0.377 e. The molecular formula is C13H18N4O3S. The van der Waals surface area contributed by atoms with E-state index in [2.05, 4.69) is 10.3 Å². The van der Waals surface area contributed by atoms with Crippen LogP contribution in [0.4, 0.5) is 5.13 Å². The smallest absolute Gasteiger partial charge is 0.266 e. The second kappa shape index (κ2) is 5.61. The molecule has 2 aliphatic rings. The first kappa shape index (κ1) is 14.3. The fraction of sp³-hybridized carbons (Fsp3) is 0.615. The van der Waals surface area contributed by atoms with Gasteiger partial charge in [-0.3, -0.25) is 9.59 Å². The van der Waals surface area contributed by atoms with E-state index in [0.717, 1.165) is 24.2 Å². The van der Waals surface area contributed by atoms with Crippen molar-refractivity contribution in [2.45, 2.75) is 31.8 Å². The Hall–Kier alpha value is -1.67. The molecule has 3 rings (SSSR count). The molecule has 1 saturated carbocycles. The van der Waals surface area contributed by atoms with E-state index < -0.39 is 6.04 Å². The number of anilines is 1. The molecule has 3 N–H and O–H groups in total.